The molecule has 152 valence electrons. The first-order valence-electron chi connectivity index (χ1n) is 8.71. The third kappa shape index (κ3) is 6.10. The SMILES string of the molecule is CCCCNS(=O)(=O)c1ccc(OCC(=O)Nc2cccc(Cl)c2C)c(Cl)c1. The van der Waals surface area contributed by atoms with E-state index in [0.29, 0.717) is 17.3 Å². The van der Waals surface area contributed by atoms with Gasteiger partial charge < -0.3 is 10.1 Å². The Balaban J connectivity index is 1.99. The van der Waals surface area contributed by atoms with Crippen LogP contribution in [0.15, 0.2) is 41.3 Å². The van der Waals surface area contributed by atoms with Gasteiger partial charge in [-0.3, -0.25) is 4.79 Å². The summed E-state index contributed by atoms with van der Waals surface area (Å²) >= 11 is 12.1. The normalized spacial score (nSPS) is 11.3. The average molecular weight is 445 g/mol. The number of carbonyl (C=O) groups excluding carboxylic acids is 1. The number of anilines is 1. The molecule has 2 rings (SSSR count). The second-order valence-corrected chi connectivity index (χ2v) is 8.67. The van der Waals surface area contributed by atoms with Crippen LogP contribution >= 0.6 is 23.2 Å². The number of carbonyl (C=O) groups is 1. The number of unbranched alkanes of at least 4 members (excludes halogenated alkanes) is 1. The molecule has 2 aromatic carbocycles. The molecule has 0 heterocycles. The van der Waals surface area contributed by atoms with Crippen LogP contribution in [0, 0.1) is 6.92 Å². The Morgan fingerprint density at radius 2 is 1.89 bits per heavy atom. The molecular formula is C19H22Cl2N2O4S. The van der Waals surface area contributed by atoms with E-state index in [-0.39, 0.29) is 28.2 Å². The molecule has 0 radical (unpaired) electrons. The van der Waals surface area contributed by atoms with Crippen LogP contribution in [0.3, 0.4) is 0 Å². The predicted molar refractivity (Wildman–Crippen MR) is 112 cm³/mol. The molecule has 0 aliphatic rings. The van der Waals surface area contributed by atoms with E-state index in [4.69, 9.17) is 27.9 Å². The van der Waals surface area contributed by atoms with Crippen LogP contribution in [0.5, 0.6) is 5.75 Å². The molecule has 6 nitrogen and oxygen atoms in total. The van der Waals surface area contributed by atoms with E-state index < -0.39 is 10.0 Å². The van der Waals surface area contributed by atoms with Gasteiger partial charge in [0.2, 0.25) is 10.0 Å². The van der Waals surface area contributed by atoms with E-state index in [1.165, 1.54) is 18.2 Å². The number of nitrogens with one attached hydrogen (secondary N) is 2. The molecule has 0 saturated heterocycles. The second-order valence-electron chi connectivity index (χ2n) is 6.09. The average Bonchev–Trinajstić information content (AvgIpc) is 2.64. The van der Waals surface area contributed by atoms with Gasteiger partial charge in [-0.15, -0.1) is 0 Å². The lowest BCUT2D eigenvalue weighted by molar-refractivity contribution is -0.118. The third-order valence-corrected chi connectivity index (χ3v) is 6.10. The predicted octanol–water partition coefficient (Wildman–Crippen LogP) is 4.40. The van der Waals surface area contributed by atoms with Crippen molar-refractivity contribution in [1.82, 2.24) is 4.72 Å². The molecule has 0 aliphatic carbocycles. The van der Waals surface area contributed by atoms with E-state index in [2.05, 4.69) is 10.0 Å². The van der Waals surface area contributed by atoms with Crippen LogP contribution in [0.1, 0.15) is 25.3 Å². The van der Waals surface area contributed by atoms with Crippen molar-refractivity contribution in [3.8, 4) is 5.75 Å². The number of hydrogen-bond acceptors (Lipinski definition) is 4. The Hall–Kier alpha value is -1.80. The standard InChI is InChI=1S/C19H22Cl2N2O4S/c1-3-4-10-22-28(25,26)14-8-9-18(16(21)11-14)27-12-19(24)23-17-7-5-6-15(20)13(17)2/h5-9,11,22H,3-4,10,12H2,1-2H3,(H,23,24). The van der Waals surface area contributed by atoms with Crippen molar-refractivity contribution in [2.24, 2.45) is 0 Å². The Morgan fingerprint density at radius 1 is 1.14 bits per heavy atom. The lowest BCUT2D eigenvalue weighted by atomic mass is 10.2. The first-order chi connectivity index (χ1) is 13.2. The first-order valence-corrected chi connectivity index (χ1v) is 11.0. The minimum Gasteiger partial charge on any atom is -0.482 e. The van der Waals surface area contributed by atoms with Crippen LogP contribution in [-0.4, -0.2) is 27.5 Å². The zero-order valence-corrected chi connectivity index (χ0v) is 17.9. The number of ether oxygens (including phenoxy) is 1. The summed E-state index contributed by atoms with van der Waals surface area (Å²) in [5, 5.41) is 3.36. The van der Waals surface area contributed by atoms with E-state index in [1.807, 2.05) is 6.92 Å². The molecular weight excluding hydrogens is 423 g/mol. The van der Waals surface area contributed by atoms with Crippen molar-refractivity contribution in [2.75, 3.05) is 18.5 Å². The Kier molecular flexibility index (Phi) is 8.12. The maximum Gasteiger partial charge on any atom is 0.262 e. The van der Waals surface area contributed by atoms with Gasteiger partial charge in [0.05, 0.1) is 9.92 Å². The van der Waals surface area contributed by atoms with Crippen molar-refractivity contribution >= 4 is 44.8 Å². The van der Waals surface area contributed by atoms with Gasteiger partial charge in [-0.2, -0.15) is 0 Å². The highest BCUT2D eigenvalue weighted by molar-refractivity contribution is 7.89. The number of benzene rings is 2. The van der Waals surface area contributed by atoms with E-state index in [1.54, 1.807) is 25.1 Å². The third-order valence-electron chi connectivity index (χ3n) is 3.94. The van der Waals surface area contributed by atoms with Gasteiger partial charge in [0.15, 0.2) is 6.61 Å². The van der Waals surface area contributed by atoms with Crippen LogP contribution in [-0.2, 0) is 14.8 Å². The van der Waals surface area contributed by atoms with Gasteiger partial charge in [0, 0.05) is 17.3 Å². The Labute approximate surface area is 175 Å². The molecule has 2 N–H and O–H groups in total. The molecule has 0 unspecified atom stereocenters. The topological polar surface area (TPSA) is 84.5 Å². The number of amides is 1. The van der Waals surface area contributed by atoms with Crippen molar-refractivity contribution in [1.29, 1.82) is 0 Å². The van der Waals surface area contributed by atoms with Gasteiger partial charge >= 0.3 is 0 Å². The molecule has 0 saturated carbocycles. The lowest BCUT2D eigenvalue weighted by Gasteiger charge is -2.12. The summed E-state index contributed by atoms with van der Waals surface area (Å²) < 4.78 is 32.4. The fourth-order valence-corrected chi connectivity index (χ4v) is 3.88. The quantitative estimate of drug-likeness (QED) is 0.561. The fourth-order valence-electron chi connectivity index (χ4n) is 2.30. The van der Waals surface area contributed by atoms with Crippen LogP contribution in [0.4, 0.5) is 5.69 Å². The molecule has 1 amide bonds. The zero-order valence-electron chi connectivity index (χ0n) is 15.6. The zero-order chi connectivity index (χ0) is 20.7. The maximum absolute atomic E-state index is 12.2. The maximum atomic E-state index is 12.2. The number of hydrogen-bond donors (Lipinski definition) is 2. The minimum absolute atomic E-state index is 0.0416. The van der Waals surface area contributed by atoms with Crippen LogP contribution in [0.25, 0.3) is 0 Å². The van der Waals surface area contributed by atoms with Crippen molar-refractivity contribution in [3.63, 3.8) is 0 Å². The number of sulfonamides is 1. The largest absolute Gasteiger partial charge is 0.482 e. The number of halogens is 2. The van der Waals surface area contributed by atoms with E-state index in [9.17, 15) is 13.2 Å². The summed E-state index contributed by atoms with van der Waals surface area (Å²) in [4.78, 5) is 12.1. The monoisotopic (exact) mass is 444 g/mol. The van der Waals surface area contributed by atoms with Gasteiger partial charge in [0.1, 0.15) is 5.75 Å². The molecule has 0 atom stereocenters. The van der Waals surface area contributed by atoms with Crippen molar-refractivity contribution in [2.45, 2.75) is 31.6 Å². The number of rotatable bonds is 9. The smallest absolute Gasteiger partial charge is 0.262 e. The molecule has 0 spiro atoms. The summed E-state index contributed by atoms with van der Waals surface area (Å²) in [5.41, 5.74) is 1.34. The molecule has 0 aliphatic heterocycles. The second kappa shape index (κ2) is 10.1. The Bertz CT molecular complexity index is 949. The van der Waals surface area contributed by atoms with Gasteiger partial charge in [-0.25, -0.2) is 13.1 Å². The highest BCUT2D eigenvalue weighted by Gasteiger charge is 2.16. The molecule has 28 heavy (non-hydrogen) atoms. The molecule has 0 aromatic heterocycles. The van der Waals surface area contributed by atoms with Gasteiger partial charge in [0.25, 0.3) is 5.91 Å². The van der Waals surface area contributed by atoms with E-state index in [0.717, 1.165) is 18.4 Å². The lowest BCUT2D eigenvalue weighted by Crippen LogP contribution is -2.24. The highest BCUT2D eigenvalue weighted by atomic mass is 35.5. The van der Waals surface area contributed by atoms with Crippen LogP contribution < -0.4 is 14.8 Å². The highest BCUT2D eigenvalue weighted by Crippen LogP contribution is 2.27. The molecule has 0 fully saturated rings. The summed E-state index contributed by atoms with van der Waals surface area (Å²) in [6.45, 7) is 3.84. The summed E-state index contributed by atoms with van der Waals surface area (Å²) in [6.07, 6.45) is 1.63. The van der Waals surface area contributed by atoms with Crippen molar-refractivity contribution in [3.05, 3.63) is 52.0 Å². The van der Waals surface area contributed by atoms with Gasteiger partial charge in [-0.1, -0.05) is 42.6 Å². The van der Waals surface area contributed by atoms with Crippen molar-refractivity contribution < 1.29 is 17.9 Å². The van der Waals surface area contributed by atoms with E-state index >= 15 is 0 Å². The fraction of sp³-hybridized carbons (Fsp3) is 0.316. The minimum atomic E-state index is -3.63. The summed E-state index contributed by atoms with van der Waals surface area (Å²) in [7, 11) is -3.63. The molecule has 2 aromatic rings. The molecule has 9 heteroatoms. The first kappa shape index (κ1) is 22.5. The summed E-state index contributed by atoms with van der Waals surface area (Å²) in [6, 6.07) is 9.30. The van der Waals surface area contributed by atoms with Gasteiger partial charge in [-0.05, 0) is 49.2 Å². The molecule has 0 bridgehead atoms. The summed E-state index contributed by atoms with van der Waals surface area (Å²) in [5.74, 6) is -0.175. The Morgan fingerprint density at radius 3 is 2.57 bits per heavy atom. The van der Waals surface area contributed by atoms with Crippen LogP contribution in [0.2, 0.25) is 10.0 Å².